The molecule has 0 saturated carbocycles. The van der Waals surface area contributed by atoms with Crippen molar-refractivity contribution in [3.05, 3.63) is 0 Å². The smallest absolute Gasteiger partial charge is 0.309 e. The molecule has 2 aliphatic rings. The zero-order chi connectivity index (χ0) is 13.2. The Bertz CT molecular complexity index is 303. The topological polar surface area (TPSA) is 55.8 Å². The maximum Gasteiger partial charge on any atom is 0.309 e. The Morgan fingerprint density at radius 2 is 2.06 bits per heavy atom. The van der Waals surface area contributed by atoms with E-state index in [-0.39, 0.29) is 11.5 Å². The van der Waals surface area contributed by atoms with Crippen LogP contribution in [0.25, 0.3) is 0 Å². The van der Waals surface area contributed by atoms with Crippen LogP contribution in [0.2, 0.25) is 0 Å². The molecule has 4 heteroatoms. The number of aliphatic carboxylic acids is 1. The van der Waals surface area contributed by atoms with Gasteiger partial charge in [-0.25, -0.2) is 0 Å². The minimum Gasteiger partial charge on any atom is -0.481 e. The summed E-state index contributed by atoms with van der Waals surface area (Å²) in [6.45, 7) is 6.03. The van der Waals surface area contributed by atoms with Gasteiger partial charge in [-0.05, 0) is 44.9 Å². The van der Waals surface area contributed by atoms with Gasteiger partial charge in [-0.15, -0.1) is 0 Å². The van der Waals surface area contributed by atoms with Crippen molar-refractivity contribution in [1.29, 1.82) is 0 Å². The molecule has 4 nitrogen and oxygen atoms in total. The number of rotatable bonds is 3. The average molecular weight is 256 g/mol. The van der Waals surface area contributed by atoms with E-state index in [0.717, 1.165) is 38.9 Å². The minimum absolute atomic E-state index is 0.118. The van der Waals surface area contributed by atoms with Gasteiger partial charge < -0.3 is 14.6 Å². The first-order valence-corrected chi connectivity index (χ1v) is 6.97. The SMILES string of the molecule is CCC(C)(C(=O)O)C1CCOC2(CCOCC2)C1. The van der Waals surface area contributed by atoms with E-state index in [4.69, 9.17) is 9.47 Å². The number of carboxylic acids is 1. The molecule has 0 amide bonds. The number of hydrogen-bond donors (Lipinski definition) is 1. The molecule has 104 valence electrons. The lowest BCUT2D eigenvalue weighted by atomic mass is 9.66. The Morgan fingerprint density at radius 3 is 2.61 bits per heavy atom. The van der Waals surface area contributed by atoms with Crippen LogP contribution in [0.5, 0.6) is 0 Å². The highest BCUT2D eigenvalue weighted by atomic mass is 16.5. The third-order valence-corrected chi connectivity index (χ3v) is 5.02. The lowest BCUT2D eigenvalue weighted by molar-refractivity contribution is -0.174. The molecule has 0 radical (unpaired) electrons. The third kappa shape index (κ3) is 2.41. The van der Waals surface area contributed by atoms with Gasteiger partial charge in [0.05, 0.1) is 11.0 Å². The Labute approximate surface area is 109 Å². The molecule has 0 aromatic carbocycles. The van der Waals surface area contributed by atoms with Gasteiger partial charge in [-0.2, -0.15) is 0 Å². The van der Waals surface area contributed by atoms with Crippen LogP contribution in [0, 0.1) is 11.3 Å². The van der Waals surface area contributed by atoms with Crippen LogP contribution in [0.3, 0.4) is 0 Å². The predicted octanol–water partition coefficient (Wildman–Crippen LogP) is 2.46. The van der Waals surface area contributed by atoms with E-state index in [1.165, 1.54) is 0 Å². The molecular formula is C14H24O4. The molecule has 2 heterocycles. The summed E-state index contributed by atoms with van der Waals surface area (Å²) in [5.41, 5.74) is -0.734. The second-order valence-electron chi connectivity index (χ2n) is 5.91. The molecule has 1 N–H and O–H groups in total. The molecule has 0 aromatic heterocycles. The van der Waals surface area contributed by atoms with Crippen LogP contribution in [0.15, 0.2) is 0 Å². The summed E-state index contributed by atoms with van der Waals surface area (Å²) in [5, 5.41) is 9.51. The van der Waals surface area contributed by atoms with E-state index in [1.54, 1.807) is 0 Å². The van der Waals surface area contributed by atoms with E-state index in [9.17, 15) is 9.90 Å². The molecule has 1 spiro atoms. The highest BCUT2D eigenvalue weighted by molar-refractivity contribution is 5.74. The van der Waals surface area contributed by atoms with Crippen LogP contribution in [-0.2, 0) is 14.3 Å². The van der Waals surface area contributed by atoms with Gasteiger partial charge in [0.2, 0.25) is 0 Å². The first kappa shape index (κ1) is 13.8. The van der Waals surface area contributed by atoms with Crippen molar-refractivity contribution < 1.29 is 19.4 Å². The van der Waals surface area contributed by atoms with Gasteiger partial charge >= 0.3 is 5.97 Å². The first-order valence-electron chi connectivity index (χ1n) is 6.97. The zero-order valence-corrected chi connectivity index (χ0v) is 11.4. The Morgan fingerprint density at radius 1 is 1.39 bits per heavy atom. The number of ether oxygens (including phenoxy) is 2. The molecule has 2 aliphatic heterocycles. The largest absolute Gasteiger partial charge is 0.481 e. The second kappa shape index (κ2) is 5.17. The zero-order valence-electron chi connectivity index (χ0n) is 11.4. The molecule has 18 heavy (non-hydrogen) atoms. The summed E-state index contributed by atoms with van der Waals surface area (Å²) in [7, 11) is 0. The maximum atomic E-state index is 11.6. The third-order valence-electron chi connectivity index (χ3n) is 5.02. The van der Waals surface area contributed by atoms with Gasteiger partial charge in [0.25, 0.3) is 0 Å². The number of carbonyl (C=O) groups is 1. The highest BCUT2D eigenvalue weighted by Gasteiger charge is 2.47. The van der Waals surface area contributed by atoms with E-state index in [0.29, 0.717) is 13.0 Å². The molecule has 0 aliphatic carbocycles. The molecule has 0 bridgehead atoms. The summed E-state index contributed by atoms with van der Waals surface area (Å²) in [6, 6.07) is 0. The normalized spacial score (nSPS) is 30.9. The Balaban J connectivity index is 2.12. The average Bonchev–Trinajstić information content (AvgIpc) is 2.38. The van der Waals surface area contributed by atoms with Crippen molar-refractivity contribution in [2.24, 2.45) is 11.3 Å². The fourth-order valence-electron chi connectivity index (χ4n) is 3.28. The van der Waals surface area contributed by atoms with E-state index >= 15 is 0 Å². The molecule has 2 rings (SSSR count). The standard InChI is InChI=1S/C14H24O4/c1-3-13(2,12(15)16)11-4-7-18-14(10-11)5-8-17-9-6-14/h11H,3-10H2,1-2H3,(H,15,16). The highest BCUT2D eigenvalue weighted by Crippen LogP contribution is 2.45. The quantitative estimate of drug-likeness (QED) is 0.842. The van der Waals surface area contributed by atoms with Gasteiger partial charge in [0.15, 0.2) is 0 Å². The van der Waals surface area contributed by atoms with Crippen molar-refractivity contribution in [2.75, 3.05) is 19.8 Å². The van der Waals surface area contributed by atoms with Crippen LogP contribution in [0.1, 0.15) is 46.0 Å². The van der Waals surface area contributed by atoms with Crippen molar-refractivity contribution >= 4 is 5.97 Å². The van der Waals surface area contributed by atoms with Crippen LogP contribution in [0.4, 0.5) is 0 Å². The van der Waals surface area contributed by atoms with Crippen molar-refractivity contribution in [3.63, 3.8) is 0 Å². The van der Waals surface area contributed by atoms with Crippen molar-refractivity contribution in [3.8, 4) is 0 Å². The van der Waals surface area contributed by atoms with Crippen molar-refractivity contribution in [2.45, 2.75) is 51.6 Å². The van der Waals surface area contributed by atoms with E-state index in [2.05, 4.69) is 0 Å². The lowest BCUT2D eigenvalue weighted by Crippen LogP contribution is -2.49. The summed E-state index contributed by atoms with van der Waals surface area (Å²) in [6.07, 6.45) is 4.22. The summed E-state index contributed by atoms with van der Waals surface area (Å²) >= 11 is 0. The molecule has 2 fully saturated rings. The van der Waals surface area contributed by atoms with Crippen LogP contribution < -0.4 is 0 Å². The second-order valence-corrected chi connectivity index (χ2v) is 5.91. The minimum atomic E-state index is -0.667. The van der Waals surface area contributed by atoms with E-state index < -0.39 is 11.4 Å². The summed E-state index contributed by atoms with van der Waals surface area (Å²) < 4.78 is 11.4. The van der Waals surface area contributed by atoms with E-state index in [1.807, 2.05) is 13.8 Å². The Kier molecular flexibility index (Phi) is 3.97. The molecule has 2 atom stereocenters. The predicted molar refractivity (Wildman–Crippen MR) is 67.5 cm³/mol. The fourth-order valence-corrected chi connectivity index (χ4v) is 3.28. The van der Waals surface area contributed by atoms with Gasteiger partial charge in [-0.3, -0.25) is 4.79 Å². The van der Waals surface area contributed by atoms with Crippen molar-refractivity contribution in [1.82, 2.24) is 0 Å². The summed E-state index contributed by atoms with van der Waals surface area (Å²) in [4.78, 5) is 11.6. The molecule has 2 saturated heterocycles. The van der Waals surface area contributed by atoms with Gasteiger partial charge in [0, 0.05) is 19.8 Å². The first-order chi connectivity index (χ1) is 8.52. The van der Waals surface area contributed by atoms with Gasteiger partial charge in [-0.1, -0.05) is 6.92 Å². The Hall–Kier alpha value is -0.610. The lowest BCUT2D eigenvalue weighted by Gasteiger charge is -2.47. The molecule has 0 aromatic rings. The number of carboxylic acid groups (broad SMARTS) is 1. The van der Waals surface area contributed by atoms with Gasteiger partial charge in [0.1, 0.15) is 0 Å². The van der Waals surface area contributed by atoms with Crippen LogP contribution in [-0.4, -0.2) is 36.5 Å². The molecular weight excluding hydrogens is 232 g/mol. The molecule has 2 unspecified atom stereocenters. The fraction of sp³-hybridized carbons (Fsp3) is 0.929. The monoisotopic (exact) mass is 256 g/mol. The number of hydrogen-bond acceptors (Lipinski definition) is 3. The summed E-state index contributed by atoms with van der Waals surface area (Å²) in [5.74, 6) is -0.453. The maximum absolute atomic E-state index is 11.6. The van der Waals surface area contributed by atoms with Crippen LogP contribution >= 0.6 is 0 Å².